The highest BCUT2D eigenvalue weighted by atomic mass is 19.4. The second kappa shape index (κ2) is 15.6. The van der Waals surface area contributed by atoms with Crippen molar-refractivity contribution in [3.05, 3.63) is 83.1 Å². The molecule has 4 aliphatic rings. The van der Waals surface area contributed by atoms with Crippen molar-refractivity contribution in [2.45, 2.75) is 50.7 Å². The number of piperidine rings is 1. The Balaban J connectivity index is 0.000000687. The number of nitrogens with zero attached hydrogens (tertiary/aromatic N) is 5. The summed E-state index contributed by atoms with van der Waals surface area (Å²) in [5.41, 5.74) is 7.49. The molecule has 1 aromatic heterocycles. The summed E-state index contributed by atoms with van der Waals surface area (Å²) in [6, 6.07) is 2.05. The van der Waals surface area contributed by atoms with Gasteiger partial charge in [-0.25, -0.2) is 9.98 Å². The van der Waals surface area contributed by atoms with Crippen molar-refractivity contribution < 1.29 is 22.8 Å². The molecular formula is C32H39F3N8O2. The van der Waals surface area contributed by atoms with Crippen LogP contribution in [0.1, 0.15) is 44.1 Å². The smallest absolute Gasteiger partial charge is 0.382 e. The summed E-state index contributed by atoms with van der Waals surface area (Å²) in [5, 5.41) is 5.78. The molecule has 45 heavy (non-hydrogen) atoms. The number of halogens is 3. The standard InChI is InChI=1S/C27H31F3N8O.C5H8O/c1-32-21-7-4-13-37(16-21)17-38-14-12-35-25(31)24(38)23(33-2)18-5-3-6-19(9-8-18)26(39)36-22-15-20(10-11-34-22)27(28,29)30;6-4-5-2-1-3-5/h5-6,8-12,14-15,21,32H,2-4,7,13,16-17H2,1H3,(H2,31,35)(H,34,36,39);4-5H,1-3H2/b24-23-;. The van der Waals surface area contributed by atoms with Crippen molar-refractivity contribution in [1.29, 1.82) is 0 Å². The number of likely N-dealkylation sites (N-methyl/N-ethyl adjacent to an activating group) is 1. The van der Waals surface area contributed by atoms with Gasteiger partial charge in [-0.05, 0) is 76.2 Å². The number of amidine groups is 1. The normalized spacial score (nSPS) is 21.6. The zero-order valence-corrected chi connectivity index (χ0v) is 25.3. The summed E-state index contributed by atoms with van der Waals surface area (Å²) >= 11 is 0. The lowest BCUT2D eigenvalue weighted by Crippen LogP contribution is -2.48. The van der Waals surface area contributed by atoms with Crippen molar-refractivity contribution in [3.8, 4) is 0 Å². The molecule has 1 saturated carbocycles. The molecule has 10 nitrogen and oxygen atoms in total. The van der Waals surface area contributed by atoms with Gasteiger partial charge in [0.15, 0.2) is 0 Å². The van der Waals surface area contributed by atoms with Crippen LogP contribution >= 0.6 is 0 Å². The predicted molar refractivity (Wildman–Crippen MR) is 169 cm³/mol. The number of alkyl halides is 3. The van der Waals surface area contributed by atoms with E-state index >= 15 is 0 Å². The minimum Gasteiger partial charge on any atom is -0.382 e. The molecule has 1 saturated heterocycles. The summed E-state index contributed by atoms with van der Waals surface area (Å²) in [6.07, 6.45) is 14.0. The van der Waals surface area contributed by atoms with Crippen LogP contribution in [-0.2, 0) is 15.8 Å². The molecule has 1 amide bonds. The summed E-state index contributed by atoms with van der Waals surface area (Å²) < 4.78 is 39.1. The largest absolute Gasteiger partial charge is 0.416 e. The van der Waals surface area contributed by atoms with Gasteiger partial charge < -0.3 is 26.1 Å². The molecule has 0 radical (unpaired) electrons. The van der Waals surface area contributed by atoms with Crippen LogP contribution in [-0.4, -0.2) is 72.4 Å². The number of allylic oxidation sites excluding steroid dienone is 3. The number of hydrogen-bond acceptors (Lipinski definition) is 9. The lowest BCUT2D eigenvalue weighted by molar-refractivity contribution is -0.137. The van der Waals surface area contributed by atoms with Crippen LogP contribution in [0.4, 0.5) is 19.0 Å². The van der Waals surface area contributed by atoms with Gasteiger partial charge in [-0.1, -0.05) is 24.6 Å². The number of nitrogens with two attached hydrogens (primary N) is 1. The molecule has 2 fully saturated rings. The van der Waals surface area contributed by atoms with Gasteiger partial charge in [-0.2, -0.15) is 13.2 Å². The molecule has 0 aromatic carbocycles. The molecule has 13 heteroatoms. The number of amides is 1. The Morgan fingerprint density at radius 3 is 2.60 bits per heavy atom. The maximum atomic E-state index is 13.0. The average Bonchev–Trinajstić information content (AvgIpc) is 3.25. The Hall–Kier alpha value is -4.36. The maximum Gasteiger partial charge on any atom is 0.416 e. The zero-order chi connectivity index (χ0) is 32.4. The SMILES string of the molecule is C=N/C(C1=CCC=C(C(=O)Nc2cc(C(F)(F)F)ccn2)C=C1)=C1/C(N)=NC=CN1CN1CCCC(NC)C1.O=CC1CCC1. The number of likely N-dealkylation sites (tertiary alicyclic amines) is 1. The van der Waals surface area contributed by atoms with Crippen molar-refractivity contribution >= 4 is 30.6 Å². The van der Waals surface area contributed by atoms with Gasteiger partial charge >= 0.3 is 6.18 Å². The fraction of sp³-hybridized carbons (Fsp3) is 0.406. The lowest BCUT2D eigenvalue weighted by atomic mass is 9.87. The first kappa shape index (κ1) is 33.5. The van der Waals surface area contributed by atoms with E-state index in [0.29, 0.717) is 47.9 Å². The number of hydrogen-bond donors (Lipinski definition) is 3. The molecule has 3 heterocycles. The lowest BCUT2D eigenvalue weighted by Gasteiger charge is -2.37. The van der Waals surface area contributed by atoms with Gasteiger partial charge in [-0.15, -0.1) is 0 Å². The minimum atomic E-state index is -4.54. The second-order valence-electron chi connectivity index (χ2n) is 11.1. The van der Waals surface area contributed by atoms with E-state index in [4.69, 9.17) is 5.73 Å². The van der Waals surface area contributed by atoms with E-state index in [1.807, 2.05) is 24.2 Å². The van der Waals surface area contributed by atoms with E-state index in [-0.39, 0.29) is 11.4 Å². The number of rotatable bonds is 8. The minimum absolute atomic E-state index is 0.191. The highest BCUT2D eigenvalue weighted by Gasteiger charge is 2.31. The molecule has 1 unspecified atom stereocenters. The number of carbonyl (C=O) groups excluding carboxylic acids is 2. The van der Waals surface area contributed by atoms with Gasteiger partial charge in [0.25, 0.3) is 5.91 Å². The summed E-state index contributed by atoms with van der Waals surface area (Å²) in [7, 11) is 1.97. The van der Waals surface area contributed by atoms with Crippen molar-refractivity contribution in [1.82, 2.24) is 20.1 Å². The maximum absolute atomic E-state index is 13.0. The molecule has 4 N–H and O–H groups in total. The average molecular weight is 625 g/mol. The molecule has 1 aromatic rings. The number of pyridine rings is 1. The number of nitrogens with one attached hydrogen (secondary N) is 2. The van der Waals surface area contributed by atoms with E-state index in [2.05, 4.69) is 37.2 Å². The first-order chi connectivity index (χ1) is 21.6. The number of aldehydes is 1. The van der Waals surface area contributed by atoms with Gasteiger partial charge in [-0.3, -0.25) is 14.7 Å². The van der Waals surface area contributed by atoms with E-state index in [9.17, 15) is 22.8 Å². The van der Waals surface area contributed by atoms with Gasteiger partial charge in [0.1, 0.15) is 23.6 Å². The fourth-order valence-corrected chi connectivity index (χ4v) is 5.20. The monoisotopic (exact) mass is 624 g/mol. The quantitative estimate of drug-likeness (QED) is 0.286. The van der Waals surface area contributed by atoms with E-state index in [1.165, 1.54) is 6.42 Å². The highest BCUT2D eigenvalue weighted by Crippen LogP contribution is 2.30. The molecule has 5 rings (SSSR count). The topological polar surface area (TPSA) is 128 Å². The molecule has 240 valence electrons. The summed E-state index contributed by atoms with van der Waals surface area (Å²) in [5.74, 6) is -0.0443. The molecule has 1 atom stereocenters. The van der Waals surface area contributed by atoms with Crippen LogP contribution in [0.15, 0.2) is 87.6 Å². The Morgan fingerprint density at radius 2 is 1.96 bits per heavy atom. The third-order valence-corrected chi connectivity index (χ3v) is 7.96. The third-order valence-electron chi connectivity index (χ3n) is 7.96. The molecule has 2 aliphatic heterocycles. The van der Waals surface area contributed by atoms with Crippen LogP contribution in [0.25, 0.3) is 0 Å². The molecule has 2 aliphatic carbocycles. The Bertz CT molecular complexity index is 1440. The molecular weight excluding hydrogens is 585 g/mol. The van der Waals surface area contributed by atoms with E-state index in [0.717, 1.165) is 63.4 Å². The Morgan fingerprint density at radius 1 is 1.20 bits per heavy atom. The first-order valence-electron chi connectivity index (χ1n) is 14.9. The Labute approximate surface area is 261 Å². The second-order valence-corrected chi connectivity index (χ2v) is 11.1. The fourth-order valence-electron chi connectivity index (χ4n) is 5.20. The molecule has 0 bridgehead atoms. The predicted octanol–water partition coefficient (Wildman–Crippen LogP) is 4.53. The number of aromatic nitrogens is 1. The van der Waals surface area contributed by atoms with Crippen molar-refractivity contribution in [2.24, 2.45) is 21.6 Å². The van der Waals surface area contributed by atoms with Gasteiger partial charge in [0.05, 0.1) is 17.9 Å². The summed E-state index contributed by atoms with van der Waals surface area (Å²) in [4.78, 5) is 39.3. The number of aliphatic imine (C=N–C) groups is 2. The van der Waals surface area contributed by atoms with Crippen molar-refractivity contribution in [3.63, 3.8) is 0 Å². The van der Waals surface area contributed by atoms with Crippen LogP contribution in [0.3, 0.4) is 0 Å². The van der Waals surface area contributed by atoms with Crippen LogP contribution < -0.4 is 16.4 Å². The van der Waals surface area contributed by atoms with Gasteiger partial charge in [0.2, 0.25) is 0 Å². The first-order valence-corrected chi connectivity index (χ1v) is 14.9. The van der Waals surface area contributed by atoms with Crippen LogP contribution in [0.5, 0.6) is 0 Å². The van der Waals surface area contributed by atoms with E-state index in [1.54, 1.807) is 24.4 Å². The number of anilines is 1. The Kier molecular flexibility index (Phi) is 11.6. The van der Waals surface area contributed by atoms with Crippen LogP contribution in [0.2, 0.25) is 0 Å². The highest BCUT2D eigenvalue weighted by molar-refractivity contribution is 6.05. The molecule has 0 spiro atoms. The van der Waals surface area contributed by atoms with Crippen LogP contribution in [0, 0.1) is 5.92 Å². The summed E-state index contributed by atoms with van der Waals surface area (Å²) in [6.45, 7) is 6.20. The zero-order valence-electron chi connectivity index (χ0n) is 25.3. The number of carbonyl (C=O) groups is 2. The van der Waals surface area contributed by atoms with Crippen molar-refractivity contribution in [2.75, 3.05) is 32.1 Å². The third kappa shape index (κ3) is 9.08. The van der Waals surface area contributed by atoms with Gasteiger partial charge in [0, 0.05) is 42.7 Å². The van der Waals surface area contributed by atoms with E-state index < -0.39 is 17.6 Å².